The van der Waals surface area contributed by atoms with Crippen LogP contribution < -0.4 is 21.4 Å². The predicted molar refractivity (Wildman–Crippen MR) is 128 cm³/mol. The number of nitrogens with one attached hydrogen (secondary N) is 2. The molecule has 3 saturated heterocycles. The lowest BCUT2D eigenvalue weighted by molar-refractivity contribution is -0.128. The Labute approximate surface area is 192 Å². The van der Waals surface area contributed by atoms with Gasteiger partial charge in [-0.1, -0.05) is 12.1 Å². The first-order valence-corrected chi connectivity index (χ1v) is 12.0. The van der Waals surface area contributed by atoms with E-state index >= 15 is 0 Å². The Morgan fingerprint density at radius 3 is 2.73 bits per heavy atom. The van der Waals surface area contributed by atoms with Crippen molar-refractivity contribution in [2.45, 2.75) is 31.6 Å². The summed E-state index contributed by atoms with van der Waals surface area (Å²) in [6.45, 7) is 4.90. The lowest BCUT2D eigenvalue weighted by atomic mass is 9.78. The van der Waals surface area contributed by atoms with Crippen molar-refractivity contribution >= 4 is 33.5 Å². The summed E-state index contributed by atoms with van der Waals surface area (Å²) in [6, 6.07) is 6.67. The third kappa shape index (κ3) is 3.23. The van der Waals surface area contributed by atoms with Crippen LogP contribution in [-0.2, 0) is 4.79 Å². The number of rotatable bonds is 3. The molecule has 172 valence electrons. The Bertz CT molecular complexity index is 1250. The Morgan fingerprint density at radius 1 is 1.12 bits per heavy atom. The molecular weight excluding hydrogens is 416 g/mol. The van der Waals surface area contributed by atoms with Crippen LogP contribution in [0.25, 0.3) is 21.8 Å². The average Bonchev–Trinajstić information content (AvgIpc) is 3.44. The first-order valence-electron chi connectivity index (χ1n) is 12.0. The number of piperidine rings is 2. The molecule has 0 bridgehead atoms. The van der Waals surface area contributed by atoms with Gasteiger partial charge in [-0.25, -0.2) is 0 Å². The first kappa shape index (κ1) is 20.6. The van der Waals surface area contributed by atoms with Crippen LogP contribution in [0.3, 0.4) is 0 Å². The largest absolute Gasteiger partial charge is 0.365 e. The Morgan fingerprint density at radius 2 is 1.97 bits per heavy atom. The number of carbonyl (C=O) groups is 2. The van der Waals surface area contributed by atoms with Gasteiger partial charge in [0.2, 0.25) is 0 Å². The van der Waals surface area contributed by atoms with Crippen LogP contribution in [0, 0.1) is 5.41 Å². The zero-order valence-corrected chi connectivity index (χ0v) is 18.8. The second kappa shape index (κ2) is 7.81. The molecule has 5 heterocycles. The summed E-state index contributed by atoms with van der Waals surface area (Å²) in [4.78, 5) is 29.7. The summed E-state index contributed by atoms with van der Waals surface area (Å²) >= 11 is 0. The molecule has 1 amide bonds. The van der Waals surface area contributed by atoms with Gasteiger partial charge in [0.05, 0.1) is 22.0 Å². The van der Waals surface area contributed by atoms with Crippen molar-refractivity contribution in [3.63, 3.8) is 0 Å². The van der Waals surface area contributed by atoms with E-state index in [4.69, 9.17) is 5.73 Å². The van der Waals surface area contributed by atoms with Crippen molar-refractivity contribution in [1.29, 1.82) is 0 Å². The van der Waals surface area contributed by atoms with Gasteiger partial charge >= 0.3 is 0 Å². The molecule has 33 heavy (non-hydrogen) atoms. The number of nitrogens with zero attached hydrogens (tertiary/aromatic N) is 3. The first-order chi connectivity index (χ1) is 16.1. The second-order valence-electron chi connectivity index (χ2n) is 9.83. The maximum Gasteiger partial charge on any atom is 0.252 e. The standard InChI is InChI=1S/C25H30N6O2/c26-24(33)20-13-29-12-19-18-2-1-17(16-3-7-27-8-4-16)11-21(18)31(23(19)20)30-10-5-22(32)25(15-30)6-9-28-14-25/h1-2,11-13,16,27-28H,3-10,14-15H2,(H2,26,33)/t25-/m1/s1. The van der Waals surface area contributed by atoms with Crippen molar-refractivity contribution in [3.05, 3.63) is 41.7 Å². The van der Waals surface area contributed by atoms with Crippen molar-refractivity contribution < 1.29 is 9.59 Å². The van der Waals surface area contributed by atoms with Gasteiger partial charge in [-0.2, -0.15) is 0 Å². The van der Waals surface area contributed by atoms with Gasteiger partial charge in [0.1, 0.15) is 5.78 Å². The molecule has 8 heteroatoms. The van der Waals surface area contributed by atoms with E-state index in [0.29, 0.717) is 43.3 Å². The minimum atomic E-state index is -0.485. The molecule has 8 nitrogen and oxygen atoms in total. The zero-order valence-electron chi connectivity index (χ0n) is 18.8. The molecule has 1 atom stereocenters. The van der Waals surface area contributed by atoms with Crippen LogP contribution in [0.4, 0.5) is 0 Å². The monoisotopic (exact) mass is 446 g/mol. The van der Waals surface area contributed by atoms with E-state index in [9.17, 15) is 9.59 Å². The predicted octanol–water partition coefficient (Wildman–Crippen LogP) is 1.65. The number of Topliss-reactive ketones (excluding diaryl/α,β-unsaturated/α-hetero) is 1. The van der Waals surface area contributed by atoms with Gasteiger partial charge in [-0.3, -0.25) is 19.2 Å². The Kier molecular flexibility index (Phi) is 4.88. The lowest BCUT2D eigenvalue weighted by Crippen LogP contribution is -2.54. The van der Waals surface area contributed by atoms with E-state index in [-0.39, 0.29) is 5.41 Å². The van der Waals surface area contributed by atoms with E-state index in [1.165, 1.54) is 5.56 Å². The van der Waals surface area contributed by atoms with Gasteiger partial charge < -0.3 is 21.4 Å². The van der Waals surface area contributed by atoms with E-state index in [2.05, 4.69) is 43.5 Å². The minimum absolute atomic E-state index is 0.344. The van der Waals surface area contributed by atoms with Crippen LogP contribution >= 0.6 is 0 Å². The van der Waals surface area contributed by atoms with Gasteiger partial charge in [0.25, 0.3) is 5.91 Å². The summed E-state index contributed by atoms with van der Waals surface area (Å²) in [5.41, 5.74) is 9.04. The van der Waals surface area contributed by atoms with Crippen molar-refractivity contribution in [1.82, 2.24) is 20.3 Å². The minimum Gasteiger partial charge on any atom is -0.365 e. The number of hydrogen-bond acceptors (Lipinski definition) is 6. The van der Waals surface area contributed by atoms with E-state index in [0.717, 1.165) is 60.7 Å². The van der Waals surface area contributed by atoms with E-state index in [1.807, 2.05) is 6.20 Å². The Hall–Kier alpha value is -2.97. The number of pyridine rings is 1. The molecule has 3 aromatic rings. The molecule has 0 saturated carbocycles. The highest BCUT2D eigenvalue weighted by Crippen LogP contribution is 2.38. The molecular formula is C25H30N6O2. The van der Waals surface area contributed by atoms with E-state index in [1.54, 1.807) is 6.20 Å². The van der Waals surface area contributed by atoms with E-state index < -0.39 is 5.91 Å². The quantitative estimate of drug-likeness (QED) is 0.565. The second-order valence-corrected chi connectivity index (χ2v) is 9.83. The molecule has 3 fully saturated rings. The zero-order chi connectivity index (χ0) is 22.6. The van der Waals surface area contributed by atoms with Crippen LogP contribution in [0.2, 0.25) is 0 Å². The molecule has 1 aromatic carbocycles. The van der Waals surface area contributed by atoms with Crippen molar-refractivity contribution in [2.75, 3.05) is 44.3 Å². The number of primary amides is 1. The highest BCUT2D eigenvalue weighted by atomic mass is 16.1. The molecule has 0 unspecified atom stereocenters. The fourth-order valence-corrected chi connectivity index (χ4v) is 6.13. The number of amides is 1. The number of benzene rings is 1. The van der Waals surface area contributed by atoms with Gasteiger partial charge in [0, 0.05) is 49.2 Å². The number of nitrogens with two attached hydrogens (primary N) is 1. The van der Waals surface area contributed by atoms with Crippen LogP contribution in [-0.4, -0.2) is 60.6 Å². The topological polar surface area (TPSA) is 105 Å². The number of hydrogen-bond donors (Lipinski definition) is 3. The molecule has 3 aliphatic rings. The fourth-order valence-electron chi connectivity index (χ4n) is 6.13. The number of fused-ring (bicyclic) bond motifs is 3. The molecule has 1 spiro atoms. The maximum atomic E-state index is 12.9. The maximum absolute atomic E-state index is 12.9. The van der Waals surface area contributed by atoms with Gasteiger partial charge in [-0.05, 0) is 56.4 Å². The van der Waals surface area contributed by atoms with Crippen LogP contribution in [0.5, 0.6) is 0 Å². The third-order valence-electron chi connectivity index (χ3n) is 7.95. The summed E-state index contributed by atoms with van der Waals surface area (Å²) < 4.78 is 2.17. The molecule has 2 aromatic heterocycles. The van der Waals surface area contributed by atoms with Crippen LogP contribution in [0.15, 0.2) is 30.6 Å². The summed E-state index contributed by atoms with van der Waals surface area (Å²) in [5, 5.41) is 11.1. The normalized spacial score (nSPS) is 24.4. The summed E-state index contributed by atoms with van der Waals surface area (Å²) in [6.07, 6.45) is 6.99. The number of ketones is 1. The summed E-state index contributed by atoms with van der Waals surface area (Å²) in [7, 11) is 0. The lowest BCUT2D eigenvalue weighted by Gasteiger charge is -2.41. The molecule has 4 N–H and O–H groups in total. The fraction of sp³-hybridized carbons (Fsp3) is 0.480. The van der Waals surface area contributed by atoms with Crippen LogP contribution in [0.1, 0.15) is 47.5 Å². The smallest absolute Gasteiger partial charge is 0.252 e. The van der Waals surface area contributed by atoms with Gasteiger partial charge in [-0.15, -0.1) is 0 Å². The Balaban J connectivity index is 1.57. The molecule has 6 rings (SSSR count). The highest BCUT2D eigenvalue weighted by Gasteiger charge is 2.45. The molecule has 3 aliphatic heterocycles. The number of aromatic nitrogens is 2. The third-order valence-corrected chi connectivity index (χ3v) is 7.95. The number of carbonyl (C=O) groups excluding carboxylic acids is 2. The van der Waals surface area contributed by atoms with Crippen molar-refractivity contribution in [3.8, 4) is 0 Å². The molecule has 0 aliphatic carbocycles. The summed E-state index contributed by atoms with van der Waals surface area (Å²) in [5.74, 6) is 0.377. The SMILES string of the molecule is NC(=O)c1cncc2c3ccc(C4CCNCC4)cc3n(N3CCC(=O)[C@@]4(CCNC4)C3)c12. The highest BCUT2D eigenvalue weighted by molar-refractivity contribution is 6.15. The average molecular weight is 447 g/mol. The van der Waals surface area contributed by atoms with Gasteiger partial charge in [0.15, 0.2) is 0 Å². The van der Waals surface area contributed by atoms with Crippen molar-refractivity contribution in [2.24, 2.45) is 11.1 Å². The molecule has 0 radical (unpaired) electrons.